The summed E-state index contributed by atoms with van der Waals surface area (Å²) in [5.74, 6) is -0.0721. The van der Waals surface area contributed by atoms with E-state index in [1.807, 2.05) is 6.92 Å². The fourth-order valence-corrected chi connectivity index (χ4v) is 2.65. The number of halogens is 2. The first-order valence-corrected chi connectivity index (χ1v) is 7.66. The van der Waals surface area contributed by atoms with Gasteiger partial charge in [0.2, 0.25) is 5.91 Å². The van der Waals surface area contributed by atoms with E-state index in [1.54, 1.807) is 4.90 Å². The van der Waals surface area contributed by atoms with Crippen LogP contribution in [0.15, 0.2) is 12.3 Å². The van der Waals surface area contributed by atoms with Gasteiger partial charge in [-0.25, -0.2) is 4.98 Å². The molecule has 0 bridgehead atoms. The predicted octanol–water partition coefficient (Wildman–Crippen LogP) is 2.38. The second-order valence-corrected chi connectivity index (χ2v) is 5.72. The van der Waals surface area contributed by atoms with E-state index in [-0.39, 0.29) is 27.9 Å². The second-order valence-electron chi connectivity index (χ2n) is 4.96. The van der Waals surface area contributed by atoms with Crippen molar-refractivity contribution in [2.45, 2.75) is 19.8 Å². The van der Waals surface area contributed by atoms with Crippen molar-refractivity contribution < 1.29 is 9.59 Å². The average Bonchev–Trinajstić information content (AvgIpc) is 2.50. The lowest BCUT2D eigenvalue weighted by atomic mass is 9.95. The summed E-state index contributed by atoms with van der Waals surface area (Å²) >= 11 is 11.6. The van der Waals surface area contributed by atoms with Crippen molar-refractivity contribution in [2.75, 3.05) is 19.6 Å². The summed E-state index contributed by atoms with van der Waals surface area (Å²) in [5, 5.41) is 3.27. The first kappa shape index (κ1) is 16.0. The van der Waals surface area contributed by atoms with Crippen LogP contribution in [-0.4, -0.2) is 41.3 Å². The Morgan fingerprint density at radius 2 is 2.05 bits per heavy atom. The van der Waals surface area contributed by atoms with Crippen LogP contribution in [0.25, 0.3) is 0 Å². The molecule has 1 fully saturated rings. The number of likely N-dealkylation sites (tertiary alicyclic amines) is 1. The van der Waals surface area contributed by atoms with Gasteiger partial charge in [0.15, 0.2) is 0 Å². The molecule has 114 valence electrons. The molecule has 1 aliphatic rings. The molecule has 0 aromatic carbocycles. The van der Waals surface area contributed by atoms with E-state index in [1.165, 1.54) is 12.3 Å². The highest BCUT2D eigenvalue weighted by Crippen LogP contribution is 2.23. The molecule has 21 heavy (non-hydrogen) atoms. The smallest absolute Gasteiger partial charge is 0.255 e. The zero-order valence-corrected chi connectivity index (χ0v) is 13.2. The highest BCUT2D eigenvalue weighted by molar-refractivity contribution is 6.41. The first-order valence-electron chi connectivity index (χ1n) is 6.91. The number of pyridine rings is 1. The van der Waals surface area contributed by atoms with E-state index in [0.29, 0.717) is 38.0 Å². The van der Waals surface area contributed by atoms with Crippen LogP contribution in [0.2, 0.25) is 10.2 Å². The van der Waals surface area contributed by atoms with Gasteiger partial charge in [-0.1, -0.05) is 23.2 Å². The number of hydrogen-bond acceptors (Lipinski definition) is 3. The van der Waals surface area contributed by atoms with Gasteiger partial charge in [0.05, 0.1) is 10.6 Å². The lowest BCUT2D eigenvalue weighted by Crippen LogP contribution is -2.43. The third-order valence-corrected chi connectivity index (χ3v) is 4.23. The molecular formula is C14H17Cl2N3O2. The summed E-state index contributed by atoms with van der Waals surface area (Å²) in [4.78, 5) is 29.7. The Morgan fingerprint density at radius 1 is 1.38 bits per heavy atom. The Morgan fingerprint density at radius 3 is 2.62 bits per heavy atom. The number of amides is 2. The Kier molecular flexibility index (Phi) is 5.42. The highest BCUT2D eigenvalue weighted by atomic mass is 35.5. The lowest BCUT2D eigenvalue weighted by Gasteiger charge is -2.31. The van der Waals surface area contributed by atoms with E-state index in [0.717, 1.165) is 0 Å². The summed E-state index contributed by atoms with van der Waals surface area (Å²) in [6.45, 7) is 3.64. The zero-order valence-electron chi connectivity index (χ0n) is 11.7. The largest absolute Gasteiger partial charge is 0.356 e. The van der Waals surface area contributed by atoms with Gasteiger partial charge in [0, 0.05) is 31.7 Å². The third kappa shape index (κ3) is 3.86. The maximum Gasteiger partial charge on any atom is 0.255 e. The normalized spacial score (nSPS) is 15.9. The number of rotatable bonds is 3. The molecule has 1 N–H and O–H groups in total. The summed E-state index contributed by atoms with van der Waals surface area (Å²) in [5.41, 5.74) is 0.417. The molecule has 0 spiro atoms. The number of carbonyl (C=O) groups is 2. The van der Waals surface area contributed by atoms with E-state index in [9.17, 15) is 9.59 Å². The van der Waals surface area contributed by atoms with E-state index in [4.69, 9.17) is 23.2 Å². The van der Waals surface area contributed by atoms with Gasteiger partial charge >= 0.3 is 0 Å². The number of piperidine rings is 1. The van der Waals surface area contributed by atoms with Crippen molar-refractivity contribution in [2.24, 2.45) is 5.92 Å². The fourth-order valence-electron chi connectivity index (χ4n) is 2.38. The zero-order chi connectivity index (χ0) is 15.4. The highest BCUT2D eigenvalue weighted by Gasteiger charge is 2.27. The molecule has 5 nitrogen and oxygen atoms in total. The van der Waals surface area contributed by atoms with Crippen LogP contribution < -0.4 is 5.32 Å². The molecule has 7 heteroatoms. The SMILES string of the molecule is CCNC(=O)C1CCN(C(=O)c2cnc(Cl)c(Cl)c2)CC1. The Labute approximate surface area is 133 Å². The molecule has 1 saturated heterocycles. The van der Waals surface area contributed by atoms with Crippen molar-refractivity contribution >= 4 is 35.0 Å². The topological polar surface area (TPSA) is 62.3 Å². The van der Waals surface area contributed by atoms with Gasteiger partial charge in [0.25, 0.3) is 5.91 Å². The minimum atomic E-state index is -0.129. The van der Waals surface area contributed by atoms with Crippen molar-refractivity contribution in [3.8, 4) is 0 Å². The quantitative estimate of drug-likeness (QED) is 0.866. The van der Waals surface area contributed by atoms with Crippen LogP contribution in [-0.2, 0) is 4.79 Å². The summed E-state index contributed by atoms with van der Waals surface area (Å²) in [6, 6.07) is 1.52. The number of nitrogens with zero attached hydrogens (tertiary/aromatic N) is 2. The van der Waals surface area contributed by atoms with Gasteiger partial charge in [-0.2, -0.15) is 0 Å². The molecule has 0 saturated carbocycles. The monoisotopic (exact) mass is 329 g/mol. The second kappa shape index (κ2) is 7.09. The van der Waals surface area contributed by atoms with Crippen LogP contribution in [0.5, 0.6) is 0 Å². The van der Waals surface area contributed by atoms with Gasteiger partial charge in [0.1, 0.15) is 5.15 Å². The van der Waals surface area contributed by atoms with Crippen LogP contribution in [0.1, 0.15) is 30.1 Å². The Hall–Kier alpha value is -1.33. The number of aromatic nitrogens is 1. The molecule has 0 aliphatic carbocycles. The average molecular weight is 330 g/mol. The molecule has 2 heterocycles. The van der Waals surface area contributed by atoms with Crippen LogP contribution in [0.3, 0.4) is 0 Å². The van der Waals surface area contributed by atoms with Gasteiger partial charge in [-0.05, 0) is 25.8 Å². The van der Waals surface area contributed by atoms with Gasteiger partial charge < -0.3 is 10.2 Å². The molecule has 0 radical (unpaired) electrons. The van der Waals surface area contributed by atoms with Crippen LogP contribution in [0, 0.1) is 5.92 Å². The van der Waals surface area contributed by atoms with Crippen molar-refractivity contribution in [3.63, 3.8) is 0 Å². The molecule has 1 aromatic rings. The van der Waals surface area contributed by atoms with Gasteiger partial charge in [-0.3, -0.25) is 9.59 Å². The summed E-state index contributed by atoms with van der Waals surface area (Å²) in [7, 11) is 0. The minimum absolute atomic E-state index is 0.0130. The molecular weight excluding hydrogens is 313 g/mol. The van der Waals surface area contributed by atoms with Crippen molar-refractivity contribution in [3.05, 3.63) is 28.0 Å². The number of nitrogens with one attached hydrogen (secondary N) is 1. The molecule has 1 aliphatic heterocycles. The standard InChI is InChI=1S/C14H17Cl2N3O2/c1-2-17-13(20)9-3-5-19(6-4-9)14(21)10-7-11(15)12(16)18-8-10/h7-9H,2-6H2,1H3,(H,17,20). The van der Waals surface area contributed by atoms with Crippen LogP contribution in [0.4, 0.5) is 0 Å². The molecule has 0 unspecified atom stereocenters. The summed E-state index contributed by atoms with van der Waals surface area (Å²) in [6.07, 6.45) is 2.77. The minimum Gasteiger partial charge on any atom is -0.356 e. The predicted molar refractivity (Wildman–Crippen MR) is 81.6 cm³/mol. The van der Waals surface area contributed by atoms with Gasteiger partial charge in [-0.15, -0.1) is 0 Å². The van der Waals surface area contributed by atoms with Crippen molar-refractivity contribution in [1.29, 1.82) is 0 Å². The maximum atomic E-state index is 12.3. The Balaban J connectivity index is 1.97. The third-order valence-electron chi connectivity index (χ3n) is 3.55. The molecule has 1 aromatic heterocycles. The maximum absolute atomic E-state index is 12.3. The number of hydrogen-bond donors (Lipinski definition) is 1. The van der Waals surface area contributed by atoms with E-state index in [2.05, 4.69) is 10.3 Å². The Bertz CT molecular complexity index is 543. The molecule has 2 amide bonds. The van der Waals surface area contributed by atoms with E-state index >= 15 is 0 Å². The molecule has 2 rings (SSSR count). The summed E-state index contributed by atoms with van der Waals surface area (Å²) < 4.78 is 0. The lowest BCUT2D eigenvalue weighted by molar-refractivity contribution is -0.126. The van der Waals surface area contributed by atoms with Crippen LogP contribution >= 0.6 is 23.2 Å². The molecule has 0 atom stereocenters. The number of carbonyl (C=O) groups excluding carboxylic acids is 2. The van der Waals surface area contributed by atoms with Crippen molar-refractivity contribution in [1.82, 2.24) is 15.2 Å². The first-order chi connectivity index (χ1) is 10.0. The fraction of sp³-hybridized carbons (Fsp3) is 0.500. The van der Waals surface area contributed by atoms with E-state index < -0.39 is 0 Å².